The summed E-state index contributed by atoms with van der Waals surface area (Å²) in [5.41, 5.74) is -0.0260. The standard InChI is InChI=1S/C22H25F3N4O5S/c23-22(24,25)17-3-6-19(28-13-17)29-11-8-16(9-12-29)21(31)34-14-20(30)27-10-7-15-1-4-18(5-2-15)35(26,32)33/h1-6,13,16H,7-12,14H2,(H,27,30)(H2,26,32,33). The number of hydrogen-bond donors (Lipinski definition) is 2. The third-order valence-corrected chi connectivity index (χ3v) is 6.49. The zero-order valence-corrected chi connectivity index (χ0v) is 19.4. The number of anilines is 1. The molecule has 2 heterocycles. The molecule has 2 aromatic rings. The van der Waals surface area contributed by atoms with Gasteiger partial charge in [-0.3, -0.25) is 9.59 Å². The van der Waals surface area contributed by atoms with E-state index in [1.807, 2.05) is 0 Å². The van der Waals surface area contributed by atoms with Crippen molar-refractivity contribution in [3.63, 3.8) is 0 Å². The summed E-state index contributed by atoms with van der Waals surface area (Å²) in [6, 6.07) is 8.23. The van der Waals surface area contributed by atoms with E-state index in [0.717, 1.165) is 17.8 Å². The number of alkyl halides is 3. The van der Waals surface area contributed by atoms with Crippen molar-refractivity contribution < 1.29 is 35.9 Å². The number of ether oxygens (including phenoxy) is 1. The number of benzene rings is 1. The highest BCUT2D eigenvalue weighted by atomic mass is 32.2. The second-order valence-electron chi connectivity index (χ2n) is 8.06. The normalized spacial score (nSPS) is 15.0. The molecule has 1 saturated heterocycles. The number of rotatable bonds is 8. The highest BCUT2D eigenvalue weighted by Crippen LogP contribution is 2.30. The summed E-state index contributed by atoms with van der Waals surface area (Å²) in [5.74, 6) is -0.973. The van der Waals surface area contributed by atoms with Crippen LogP contribution < -0.4 is 15.4 Å². The SMILES string of the molecule is NS(=O)(=O)c1ccc(CCNC(=O)COC(=O)C2CCN(c3ccc(C(F)(F)F)cn3)CC2)cc1. The largest absolute Gasteiger partial charge is 0.455 e. The van der Waals surface area contributed by atoms with E-state index >= 15 is 0 Å². The number of sulfonamides is 1. The van der Waals surface area contributed by atoms with Crippen LogP contribution in [0.25, 0.3) is 0 Å². The number of primary sulfonamides is 1. The van der Waals surface area contributed by atoms with Gasteiger partial charge in [-0.1, -0.05) is 12.1 Å². The fourth-order valence-corrected chi connectivity index (χ4v) is 4.10. The lowest BCUT2D eigenvalue weighted by molar-refractivity contribution is -0.153. The Bertz CT molecular complexity index is 1130. The summed E-state index contributed by atoms with van der Waals surface area (Å²) in [4.78, 5) is 29.9. The van der Waals surface area contributed by atoms with Gasteiger partial charge in [0, 0.05) is 25.8 Å². The first-order chi connectivity index (χ1) is 16.4. The highest BCUT2D eigenvalue weighted by Gasteiger charge is 2.31. The number of nitrogens with zero attached hydrogens (tertiary/aromatic N) is 2. The molecule has 13 heteroatoms. The van der Waals surface area contributed by atoms with Crippen LogP contribution in [-0.2, 0) is 36.9 Å². The second kappa shape index (κ2) is 11.0. The fourth-order valence-electron chi connectivity index (χ4n) is 3.58. The van der Waals surface area contributed by atoms with Crippen LogP contribution in [0.5, 0.6) is 0 Å². The minimum Gasteiger partial charge on any atom is -0.455 e. The molecule has 1 aliphatic heterocycles. The lowest BCUT2D eigenvalue weighted by atomic mass is 9.97. The van der Waals surface area contributed by atoms with Crippen molar-refractivity contribution in [2.24, 2.45) is 11.1 Å². The Kier molecular flexibility index (Phi) is 8.33. The van der Waals surface area contributed by atoms with Gasteiger partial charge in [-0.05, 0) is 49.1 Å². The summed E-state index contributed by atoms with van der Waals surface area (Å²) in [7, 11) is -3.76. The third-order valence-electron chi connectivity index (χ3n) is 5.56. The number of hydrogen-bond acceptors (Lipinski definition) is 7. The Hall–Kier alpha value is -3.19. The third kappa shape index (κ3) is 7.65. The maximum absolute atomic E-state index is 12.7. The predicted octanol–water partition coefficient (Wildman–Crippen LogP) is 1.87. The molecule has 0 saturated carbocycles. The lowest BCUT2D eigenvalue weighted by Gasteiger charge is -2.31. The molecular weight excluding hydrogens is 489 g/mol. The molecule has 1 aliphatic rings. The highest BCUT2D eigenvalue weighted by molar-refractivity contribution is 7.89. The molecule has 1 amide bonds. The van der Waals surface area contributed by atoms with Gasteiger partial charge in [0.25, 0.3) is 5.91 Å². The van der Waals surface area contributed by atoms with Crippen molar-refractivity contribution in [3.8, 4) is 0 Å². The Morgan fingerprint density at radius 1 is 1.11 bits per heavy atom. The van der Waals surface area contributed by atoms with Crippen molar-refractivity contribution in [1.82, 2.24) is 10.3 Å². The van der Waals surface area contributed by atoms with Crippen LogP contribution in [-0.4, -0.2) is 51.5 Å². The fraction of sp³-hybridized carbons (Fsp3) is 0.409. The van der Waals surface area contributed by atoms with Gasteiger partial charge in [-0.2, -0.15) is 13.2 Å². The molecule has 3 N–H and O–H groups in total. The summed E-state index contributed by atoms with van der Waals surface area (Å²) >= 11 is 0. The number of aromatic nitrogens is 1. The smallest absolute Gasteiger partial charge is 0.417 e. The maximum Gasteiger partial charge on any atom is 0.417 e. The Balaban J connectivity index is 1.36. The molecule has 1 aromatic heterocycles. The number of pyridine rings is 1. The first-order valence-corrected chi connectivity index (χ1v) is 12.3. The van der Waals surface area contributed by atoms with Gasteiger partial charge in [0.2, 0.25) is 10.0 Å². The zero-order valence-electron chi connectivity index (χ0n) is 18.6. The molecule has 0 aliphatic carbocycles. The number of carbonyl (C=O) groups excluding carboxylic acids is 2. The quantitative estimate of drug-likeness (QED) is 0.514. The molecule has 0 spiro atoms. The van der Waals surface area contributed by atoms with E-state index in [4.69, 9.17) is 9.88 Å². The van der Waals surface area contributed by atoms with Gasteiger partial charge in [0.15, 0.2) is 6.61 Å². The molecule has 0 radical (unpaired) electrons. The van der Waals surface area contributed by atoms with Crippen LogP contribution in [0.15, 0.2) is 47.5 Å². The monoisotopic (exact) mass is 514 g/mol. The van der Waals surface area contributed by atoms with Gasteiger partial charge in [0.1, 0.15) is 5.82 Å². The molecule has 1 aromatic carbocycles. The van der Waals surface area contributed by atoms with Crippen molar-refractivity contribution in [2.45, 2.75) is 30.3 Å². The Morgan fingerprint density at radius 3 is 2.31 bits per heavy atom. The first kappa shape index (κ1) is 26.4. The van der Waals surface area contributed by atoms with E-state index in [1.54, 1.807) is 17.0 Å². The molecule has 0 bridgehead atoms. The predicted molar refractivity (Wildman–Crippen MR) is 120 cm³/mol. The van der Waals surface area contributed by atoms with E-state index in [-0.39, 0.29) is 11.4 Å². The number of esters is 1. The molecule has 0 unspecified atom stereocenters. The molecule has 190 valence electrons. The zero-order chi connectivity index (χ0) is 25.6. The summed E-state index contributed by atoms with van der Waals surface area (Å²) in [5, 5.41) is 7.67. The Labute approximate surface area is 200 Å². The number of amides is 1. The molecular formula is C22H25F3N4O5S. The Morgan fingerprint density at radius 2 is 1.77 bits per heavy atom. The molecule has 9 nitrogen and oxygen atoms in total. The summed E-state index contributed by atoms with van der Waals surface area (Å²) in [6.45, 7) is 0.691. The van der Waals surface area contributed by atoms with Crippen LogP contribution >= 0.6 is 0 Å². The van der Waals surface area contributed by atoms with Crippen molar-refractivity contribution in [1.29, 1.82) is 0 Å². The van der Waals surface area contributed by atoms with Crippen LogP contribution in [0.2, 0.25) is 0 Å². The molecule has 1 fully saturated rings. The number of halogens is 3. The minimum absolute atomic E-state index is 0.00125. The van der Waals surface area contributed by atoms with E-state index in [1.165, 1.54) is 18.2 Å². The number of carbonyl (C=O) groups is 2. The first-order valence-electron chi connectivity index (χ1n) is 10.8. The van der Waals surface area contributed by atoms with Gasteiger partial charge < -0.3 is 15.0 Å². The van der Waals surface area contributed by atoms with Gasteiger partial charge in [0.05, 0.1) is 16.4 Å². The minimum atomic E-state index is -4.45. The molecule has 35 heavy (non-hydrogen) atoms. The average Bonchev–Trinajstić information content (AvgIpc) is 2.82. The maximum atomic E-state index is 12.7. The summed E-state index contributed by atoms with van der Waals surface area (Å²) in [6.07, 6.45) is -2.36. The van der Waals surface area contributed by atoms with Crippen molar-refractivity contribution in [3.05, 3.63) is 53.7 Å². The van der Waals surface area contributed by atoms with E-state index in [2.05, 4.69) is 10.3 Å². The van der Waals surface area contributed by atoms with Crippen molar-refractivity contribution >= 4 is 27.7 Å². The van der Waals surface area contributed by atoms with Crippen LogP contribution in [0.3, 0.4) is 0 Å². The van der Waals surface area contributed by atoms with Crippen LogP contribution in [0.4, 0.5) is 19.0 Å². The van der Waals surface area contributed by atoms with Crippen molar-refractivity contribution in [2.75, 3.05) is 31.1 Å². The number of nitrogens with two attached hydrogens (primary N) is 1. The van der Waals surface area contributed by atoms with Crippen LogP contribution in [0.1, 0.15) is 24.0 Å². The van der Waals surface area contributed by atoms with Gasteiger partial charge in [-0.25, -0.2) is 18.5 Å². The van der Waals surface area contributed by atoms with Gasteiger partial charge >= 0.3 is 12.1 Å². The molecule has 0 atom stereocenters. The number of nitrogens with one attached hydrogen (secondary N) is 1. The summed E-state index contributed by atoms with van der Waals surface area (Å²) < 4.78 is 65.6. The van der Waals surface area contributed by atoms with E-state index in [0.29, 0.717) is 38.2 Å². The molecule has 3 rings (SSSR count). The topological polar surface area (TPSA) is 132 Å². The van der Waals surface area contributed by atoms with E-state index in [9.17, 15) is 31.2 Å². The lowest BCUT2D eigenvalue weighted by Crippen LogP contribution is -2.38. The van der Waals surface area contributed by atoms with Gasteiger partial charge in [-0.15, -0.1) is 0 Å². The second-order valence-corrected chi connectivity index (χ2v) is 9.62. The van der Waals surface area contributed by atoms with Crippen LogP contribution in [0, 0.1) is 5.92 Å². The number of piperidine rings is 1. The van der Waals surface area contributed by atoms with E-state index < -0.39 is 46.2 Å². The average molecular weight is 515 g/mol.